The second-order valence-corrected chi connectivity index (χ2v) is 4.00. The smallest absolute Gasteiger partial charge is 0.0204 e. The molecule has 0 spiro atoms. The highest BCUT2D eigenvalue weighted by molar-refractivity contribution is 14.1. The molecule has 0 aromatic carbocycles. The monoisotopic (exact) mass is 240 g/mol. The van der Waals surface area contributed by atoms with E-state index in [1.807, 2.05) is 0 Å². The van der Waals surface area contributed by atoms with Gasteiger partial charge in [-0.25, -0.2) is 3.11 Å². The first kappa shape index (κ1) is 7.75. The van der Waals surface area contributed by atoms with E-state index in [4.69, 9.17) is 5.73 Å². The van der Waals surface area contributed by atoms with E-state index in [1.54, 1.807) is 0 Å². The van der Waals surface area contributed by atoms with Gasteiger partial charge >= 0.3 is 0 Å². The van der Waals surface area contributed by atoms with Gasteiger partial charge < -0.3 is 5.73 Å². The predicted octanol–water partition coefficient (Wildman–Crippen LogP) is 1.15. The molecule has 0 aromatic heterocycles. The van der Waals surface area contributed by atoms with Gasteiger partial charge in [0, 0.05) is 41.5 Å². The number of rotatable bonds is 0. The lowest BCUT2D eigenvalue weighted by Crippen LogP contribution is -2.40. The summed E-state index contributed by atoms with van der Waals surface area (Å²) < 4.78 is 2.33. The summed E-state index contributed by atoms with van der Waals surface area (Å²) in [5.41, 5.74) is 5.76. The average molecular weight is 240 g/mol. The van der Waals surface area contributed by atoms with Gasteiger partial charge in [0.2, 0.25) is 0 Å². The van der Waals surface area contributed by atoms with Crippen molar-refractivity contribution in [2.24, 2.45) is 5.73 Å². The second kappa shape index (κ2) is 3.16. The number of hydrogen-bond donors (Lipinski definition) is 1. The number of nitrogens with zero attached hydrogens (tertiary/aromatic N) is 1. The molecule has 2 N–H and O–H groups in total. The predicted molar refractivity (Wildman–Crippen MR) is 47.4 cm³/mol. The zero-order valence-corrected chi connectivity index (χ0v) is 7.84. The van der Waals surface area contributed by atoms with E-state index < -0.39 is 0 Å². The van der Waals surface area contributed by atoms with E-state index in [-0.39, 0.29) is 0 Å². The molecular formula is C6H13IN2. The summed E-state index contributed by atoms with van der Waals surface area (Å²) in [6.45, 7) is 3.38. The Labute approximate surface area is 70.3 Å². The van der Waals surface area contributed by atoms with Crippen LogP contribution in [-0.4, -0.2) is 21.7 Å². The molecule has 1 fully saturated rings. The van der Waals surface area contributed by atoms with Crippen LogP contribution in [-0.2, 0) is 0 Å². The minimum absolute atomic E-state index is 0.450. The zero-order chi connectivity index (χ0) is 6.85. The van der Waals surface area contributed by atoms with Crippen molar-refractivity contribution >= 4 is 22.9 Å². The second-order valence-electron chi connectivity index (χ2n) is 2.76. The van der Waals surface area contributed by atoms with Crippen molar-refractivity contribution in [1.82, 2.24) is 3.11 Å². The van der Waals surface area contributed by atoms with Crippen molar-refractivity contribution in [3.05, 3.63) is 0 Å². The molecule has 0 aromatic rings. The van der Waals surface area contributed by atoms with Crippen LogP contribution in [0.25, 0.3) is 0 Å². The van der Waals surface area contributed by atoms with Crippen LogP contribution in [0.2, 0.25) is 0 Å². The Balaban J connectivity index is 2.35. The Morgan fingerprint density at radius 3 is 2.78 bits per heavy atom. The van der Waals surface area contributed by atoms with Crippen molar-refractivity contribution in [3.8, 4) is 0 Å². The van der Waals surface area contributed by atoms with E-state index in [0.29, 0.717) is 12.1 Å². The minimum Gasteiger partial charge on any atom is -0.328 e. The Morgan fingerprint density at radius 1 is 1.67 bits per heavy atom. The molecule has 1 aliphatic rings. The van der Waals surface area contributed by atoms with Crippen LogP contribution in [0.4, 0.5) is 0 Å². The molecule has 2 nitrogen and oxygen atoms in total. The summed E-state index contributed by atoms with van der Waals surface area (Å²) in [4.78, 5) is 0. The summed E-state index contributed by atoms with van der Waals surface area (Å²) >= 11 is 2.37. The highest BCUT2D eigenvalue weighted by Gasteiger charge is 2.20. The maximum Gasteiger partial charge on any atom is 0.0204 e. The third kappa shape index (κ3) is 2.05. The quantitative estimate of drug-likeness (QED) is 0.508. The van der Waals surface area contributed by atoms with E-state index in [9.17, 15) is 0 Å². The van der Waals surface area contributed by atoms with Crippen molar-refractivity contribution in [2.75, 3.05) is 6.54 Å². The Morgan fingerprint density at radius 2 is 2.33 bits per heavy atom. The molecule has 1 aliphatic heterocycles. The lowest BCUT2D eigenvalue weighted by atomic mass is 10.0. The summed E-state index contributed by atoms with van der Waals surface area (Å²) in [6, 6.07) is 1.13. The molecule has 0 bridgehead atoms. The molecule has 9 heavy (non-hydrogen) atoms. The first-order valence-electron chi connectivity index (χ1n) is 3.38. The highest BCUT2D eigenvalue weighted by atomic mass is 127. The fourth-order valence-corrected chi connectivity index (χ4v) is 1.69. The fraction of sp³-hybridized carbons (Fsp3) is 1.00. The Bertz CT molecular complexity index is 97.1. The number of halogens is 1. The maximum absolute atomic E-state index is 5.76. The topological polar surface area (TPSA) is 29.3 Å². The van der Waals surface area contributed by atoms with Gasteiger partial charge in [-0.05, 0) is 19.8 Å². The highest BCUT2D eigenvalue weighted by Crippen LogP contribution is 2.18. The van der Waals surface area contributed by atoms with Crippen molar-refractivity contribution in [2.45, 2.75) is 31.8 Å². The van der Waals surface area contributed by atoms with Crippen LogP contribution >= 0.6 is 22.9 Å². The van der Waals surface area contributed by atoms with Gasteiger partial charge in [0.15, 0.2) is 0 Å². The van der Waals surface area contributed by atoms with Gasteiger partial charge in [0.1, 0.15) is 0 Å². The first-order valence-corrected chi connectivity index (χ1v) is 4.34. The molecular weight excluding hydrogens is 227 g/mol. The fourth-order valence-electron chi connectivity index (χ4n) is 1.18. The van der Waals surface area contributed by atoms with Crippen LogP contribution in [0.3, 0.4) is 0 Å². The van der Waals surface area contributed by atoms with E-state index in [2.05, 4.69) is 32.9 Å². The van der Waals surface area contributed by atoms with Crippen LogP contribution in [0, 0.1) is 0 Å². The first-order chi connectivity index (χ1) is 4.20. The van der Waals surface area contributed by atoms with Gasteiger partial charge in [-0.1, -0.05) is 0 Å². The molecule has 2 atom stereocenters. The molecule has 1 saturated heterocycles. The molecule has 1 heterocycles. The number of piperidine rings is 1. The van der Waals surface area contributed by atoms with E-state index >= 15 is 0 Å². The van der Waals surface area contributed by atoms with Crippen molar-refractivity contribution < 1.29 is 0 Å². The number of hydrogen-bond acceptors (Lipinski definition) is 2. The summed E-state index contributed by atoms with van der Waals surface area (Å²) in [7, 11) is 0. The van der Waals surface area contributed by atoms with E-state index in [1.165, 1.54) is 0 Å². The molecule has 3 heteroatoms. The maximum atomic E-state index is 5.76. The minimum atomic E-state index is 0.450. The number of nitrogens with two attached hydrogens (primary N) is 1. The van der Waals surface area contributed by atoms with Crippen molar-refractivity contribution in [3.63, 3.8) is 0 Å². The average Bonchev–Trinajstić information content (AvgIpc) is 1.80. The molecule has 0 amide bonds. The molecule has 2 unspecified atom stereocenters. The largest absolute Gasteiger partial charge is 0.328 e. The summed E-state index contributed by atoms with van der Waals surface area (Å²) in [6.07, 6.45) is 2.32. The molecule has 0 radical (unpaired) electrons. The Hall–Kier alpha value is 0.650. The van der Waals surface area contributed by atoms with Gasteiger partial charge in [-0.2, -0.15) is 0 Å². The summed E-state index contributed by atoms with van der Waals surface area (Å²) in [5.74, 6) is 0. The Kier molecular flexibility index (Phi) is 2.73. The van der Waals surface area contributed by atoms with Gasteiger partial charge in [0.25, 0.3) is 0 Å². The van der Waals surface area contributed by atoms with Gasteiger partial charge in [-0.3, -0.25) is 0 Å². The molecule has 54 valence electrons. The van der Waals surface area contributed by atoms with E-state index in [0.717, 1.165) is 19.4 Å². The van der Waals surface area contributed by atoms with Crippen LogP contribution in [0.1, 0.15) is 19.8 Å². The zero-order valence-electron chi connectivity index (χ0n) is 5.68. The van der Waals surface area contributed by atoms with Gasteiger partial charge in [-0.15, -0.1) is 0 Å². The van der Waals surface area contributed by atoms with Crippen LogP contribution in [0.5, 0.6) is 0 Å². The standard InChI is InChI=1S/C6H13IN2/c1-5-4-6(8)2-3-9(5)7/h5-6H,2-4,8H2,1H3. The summed E-state index contributed by atoms with van der Waals surface area (Å²) in [5, 5.41) is 0. The van der Waals surface area contributed by atoms with Gasteiger partial charge in [0.05, 0.1) is 0 Å². The third-order valence-electron chi connectivity index (χ3n) is 1.84. The molecule has 0 aliphatic carbocycles. The molecule has 1 rings (SSSR count). The van der Waals surface area contributed by atoms with Crippen LogP contribution < -0.4 is 5.73 Å². The normalized spacial score (nSPS) is 39.0. The third-order valence-corrected chi connectivity index (χ3v) is 3.27. The lowest BCUT2D eigenvalue weighted by molar-refractivity contribution is 0.289. The van der Waals surface area contributed by atoms with Crippen LogP contribution in [0.15, 0.2) is 0 Å². The van der Waals surface area contributed by atoms with Crippen molar-refractivity contribution in [1.29, 1.82) is 0 Å². The molecule has 0 saturated carbocycles. The SMILES string of the molecule is CC1CC(N)CCN1I. The lowest BCUT2D eigenvalue weighted by Gasteiger charge is -2.31.